The van der Waals surface area contributed by atoms with Crippen LogP contribution < -0.4 is 16.0 Å². The molecule has 1 heterocycles. The maximum Gasteiger partial charge on any atom is 0.244 e. The lowest BCUT2D eigenvalue weighted by Crippen LogP contribution is -2.46. The average molecular weight is 274 g/mol. The zero-order chi connectivity index (χ0) is 13.8. The number of rotatable bonds is 6. The van der Waals surface area contributed by atoms with Crippen molar-refractivity contribution < 1.29 is 13.2 Å². The van der Waals surface area contributed by atoms with Crippen LogP contribution in [0.3, 0.4) is 0 Å². The molecule has 0 saturated heterocycles. The lowest BCUT2D eigenvalue weighted by atomic mass is 10.1. The molecular formula is C10H18N4O3S. The highest BCUT2D eigenvalue weighted by molar-refractivity contribution is 7.89. The number of nitrogens with two attached hydrogens (primary N) is 1. The van der Waals surface area contributed by atoms with Crippen molar-refractivity contribution >= 4 is 15.8 Å². The third-order valence-electron chi connectivity index (χ3n) is 2.11. The molecule has 0 spiro atoms. The van der Waals surface area contributed by atoms with Gasteiger partial charge in [0.25, 0.3) is 0 Å². The third kappa shape index (κ3) is 3.64. The van der Waals surface area contributed by atoms with Crippen molar-refractivity contribution in [2.45, 2.75) is 24.3 Å². The molecule has 0 amide bonds. The summed E-state index contributed by atoms with van der Waals surface area (Å²) in [5.74, 6) is 5.34. The molecule has 0 aliphatic heterocycles. The van der Waals surface area contributed by atoms with Gasteiger partial charge < -0.3 is 10.2 Å². The van der Waals surface area contributed by atoms with E-state index >= 15 is 0 Å². The number of hydrogen-bond donors (Lipinski definition) is 3. The maximum atomic E-state index is 12.2. The Kier molecular flexibility index (Phi) is 4.63. The van der Waals surface area contributed by atoms with Crippen LogP contribution in [0.4, 0.5) is 5.82 Å². The van der Waals surface area contributed by atoms with Gasteiger partial charge in [-0.2, -0.15) is 0 Å². The highest BCUT2D eigenvalue weighted by Crippen LogP contribution is 2.19. The highest BCUT2D eigenvalue weighted by Gasteiger charge is 2.28. The van der Waals surface area contributed by atoms with Crippen molar-refractivity contribution in [3.8, 4) is 0 Å². The van der Waals surface area contributed by atoms with E-state index in [2.05, 4.69) is 15.1 Å². The molecule has 0 radical (unpaired) electrons. The van der Waals surface area contributed by atoms with Gasteiger partial charge in [-0.15, -0.1) is 0 Å². The van der Waals surface area contributed by atoms with Gasteiger partial charge in [0, 0.05) is 13.3 Å². The van der Waals surface area contributed by atoms with Crippen LogP contribution in [0.1, 0.15) is 13.8 Å². The van der Waals surface area contributed by atoms with Gasteiger partial charge in [-0.05, 0) is 26.0 Å². The lowest BCUT2D eigenvalue weighted by Gasteiger charge is -2.25. The second-order valence-corrected chi connectivity index (χ2v) is 6.07. The first-order valence-electron chi connectivity index (χ1n) is 5.27. The molecule has 0 bridgehead atoms. The first-order chi connectivity index (χ1) is 8.32. The third-order valence-corrected chi connectivity index (χ3v) is 3.84. The number of methoxy groups -OCH3 is 1. The number of nitrogen functional groups attached to an aromatic ring is 1. The van der Waals surface area contributed by atoms with Crippen LogP contribution in [-0.4, -0.2) is 32.7 Å². The van der Waals surface area contributed by atoms with Crippen molar-refractivity contribution in [1.82, 2.24) is 9.71 Å². The van der Waals surface area contributed by atoms with E-state index in [1.165, 1.54) is 25.4 Å². The van der Waals surface area contributed by atoms with Crippen LogP contribution in [0.15, 0.2) is 23.2 Å². The van der Waals surface area contributed by atoms with E-state index in [0.29, 0.717) is 0 Å². The second-order valence-electron chi connectivity index (χ2n) is 4.42. The SMILES string of the molecule is COCC(C)(C)NS(=O)(=O)c1cccnc1NN. The Hall–Kier alpha value is -1.22. The smallest absolute Gasteiger partial charge is 0.244 e. The van der Waals surface area contributed by atoms with E-state index in [4.69, 9.17) is 10.6 Å². The fourth-order valence-corrected chi connectivity index (χ4v) is 3.05. The number of sulfonamides is 1. The largest absolute Gasteiger partial charge is 0.383 e. The van der Waals surface area contributed by atoms with Crippen LogP contribution in [0.2, 0.25) is 0 Å². The van der Waals surface area contributed by atoms with Crippen LogP contribution in [0, 0.1) is 0 Å². The number of pyridine rings is 1. The Labute approximate surface area is 107 Å². The monoisotopic (exact) mass is 274 g/mol. The minimum Gasteiger partial charge on any atom is -0.383 e. The first-order valence-corrected chi connectivity index (χ1v) is 6.75. The van der Waals surface area contributed by atoms with E-state index in [-0.39, 0.29) is 17.3 Å². The fourth-order valence-electron chi connectivity index (χ4n) is 1.52. The van der Waals surface area contributed by atoms with E-state index in [9.17, 15) is 8.42 Å². The normalized spacial score (nSPS) is 12.4. The summed E-state index contributed by atoms with van der Waals surface area (Å²) in [5, 5.41) is 0. The molecule has 1 aromatic heterocycles. The summed E-state index contributed by atoms with van der Waals surface area (Å²) in [4.78, 5) is 3.85. The molecule has 1 rings (SSSR count). The van der Waals surface area contributed by atoms with E-state index in [0.717, 1.165) is 0 Å². The zero-order valence-electron chi connectivity index (χ0n) is 10.6. The van der Waals surface area contributed by atoms with Gasteiger partial charge in [-0.25, -0.2) is 24.0 Å². The van der Waals surface area contributed by atoms with E-state index in [1.54, 1.807) is 13.8 Å². The molecule has 0 unspecified atom stereocenters. The van der Waals surface area contributed by atoms with Gasteiger partial charge in [0.2, 0.25) is 10.0 Å². The number of nitrogens with one attached hydrogen (secondary N) is 2. The molecule has 0 aliphatic carbocycles. The molecule has 0 aromatic carbocycles. The summed E-state index contributed by atoms with van der Waals surface area (Å²) >= 11 is 0. The number of hydrogen-bond acceptors (Lipinski definition) is 6. The van der Waals surface area contributed by atoms with E-state index < -0.39 is 15.6 Å². The topological polar surface area (TPSA) is 106 Å². The van der Waals surface area contributed by atoms with Crippen molar-refractivity contribution in [3.05, 3.63) is 18.3 Å². The number of hydrazine groups is 1. The predicted molar refractivity (Wildman–Crippen MR) is 68.3 cm³/mol. The summed E-state index contributed by atoms with van der Waals surface area (Å²) < 4.78 is 31.9. The summed E-state index contributed by atoms with van der Waals surface area (Å²) in [6.45, 7) is 3.69. The Bertz CT molecular complexity index is 502. The molecule has 0 aliphatic rings. The van der Waals surface area contributed by atoms with Crippen molar-refractivity contribution in [3.63, 3.8) is 0 Å². The zero-order valence-corrected chi connectivity index (χ0v) is 11.4. The second kappa shape index (κ2) is 5.61. The van der Waals surface area contributed by atoms with Gasteiger partial charge >= 0.3 is 0 Å². The predicted octanol–water partition coefficient (Wildman–Crippen LogP) is 0.0705. The van der Waals surface area contributed by atoms with Crippen molar-refractivity contribution in [1.29, 1.82) is 0 Å². The summed E-state index contributed by atoms with van der Waals surface area (Å²) in [6, 6.07) is 2.95. The number of nitrogens with zero attached hydrogens (tertiary/aromatic N) is 1. The van der Waals surface area contributed by atoms with Crippen molar-refractivity contribution in [2.75, 3.05) is 19.1 Å². The molecular weight excluding hydrogens is 256 g/mol. The molecule has 0 saturated carbocycles. The number of ether oxygens (including phenoxy) is 1. The Morgan fingerprint density at radius 1 is 1.50 bits per heavy atom. The van der Waals surface area contributed by atoms with Crippen molar-refractivity contribution in [2.24, 2.45) is 5.84 Å². The summed E-state index contributed by atoms with van der Waals surface area (Å²) in [5.41, 5.74) is 1.53. The summed E-state index contributed by atoms with van der Waals surface area (Å²) in [7, 11) is -2.21. The minimum absolute atomic E-state index is 0.00308. The molecule has 1 aromatic rings. The molecule has 8 heteroatoms. The quantitative estimate of drug-likeness (QED) is 0.500. The van der Waals surface area contributed by atoms with Crippen LogP contribution in [0.5, 0.6) is 0 Å². The molecule has 0 atom stereocenters. The highest BCUT2D eigenvalue weighted by atomic mass is 32.2. The molecule has 18 heavy (non-hydrogen) atoms. The average Bonchev–Trinajstić information content (AvgIpc) is 2.27. The minimum atomic E-state index is -3.72. The van der Waals surface area contributed by atoms with Gasteiger partial charge in [-0.3, -0.25) is 0 Å². The van der Waals surface area contributed by atoms with Crippen LogP contribution in [-0.2, 0) is 14.8 Å². The van der Waals surface area contributed by atoms with E-state index in [1.807, 2.05) is 0 Å². The van der Waals surface area contributed by atoms with Crippen LogP contribution in [0.25, 0.3) is 0 Å². The molecule has 0 fully saturated rings. The Balaban J connectivity index is 3.07. The van der Waals surface area contributed by atoms with Gasteiger partial charge in [0.1, 0.15) is 4.90 Å². The Morgan fingerprint density at radius 2 is 2.17 bits per heavy atom. The molecule has 4 N–H and O–H groups in total. The summed E-state index contributed by atoms with van der Waals surface area (Å²) in [6.07, 6.45) is 1.45. The molecule has 102 valence electrons. The number of aromatic nitrogens is 1. The molecule has 7 nitrogen and oxygen atoms in total. The van der Waals surface area contributed by atoms with Gasteiger partial charge in [0.15, 0.2) is 5.82 Å². The van der Waals surface area contributed by atoms with Gasteiger partial charge in [0.05, 0.1) is 12.1 Å². The Morgan fingerprint density at radius 3 is 2.72 bits per heavy atom. The first kappa shape index (κ1) is 14.8. The fraction of sp³-hybridized carbons (Fsp3) is 0.500. The van der Waals surface area contributed by atoms with Crippen LogP contribution >= 0.6 is 0 Å². The lowest BCUT2D eigenvalue weighted by molar-refractivity contribution is 0.141. The maximum absolute atomic E-state index is 12.2. The van der Waals surface area contributed by atoms with Gasteiger partial charge in [-0.1, -0.05) is 0 Å². The standard InChI is InChI=1S/C10H18N4O3S/c1-10(2,7-17-3)14-18(15,16)8-5-4-6-12-9(8)13-11/h4-6,14H,7,11H2,1-3H3,(H,12,13). The number of anilines is 1.